The molecule has 1 aliphatic heterocycles. The Morgan fingerprint density at radius 1 is 0.266 bits per heavy atom. The summed E-state index contributed by atoms with van der Waals surface area (Å²) in [5.74, 6) is 1.90. The number of hydrogen-bond acceptors (Lipinski definition) is 12. The standard InChI is InChI=1S/C48H40N4O8P4/c53-38-26-32-46(33-27-38)61(47-34-28-39(54)29-35-47)49-63(57-42-18-8-2-9-19-42,58-43-20-10-3-11-21-43)51-62(48-36-30-40(55)31-37-48,56-41-16-6-1-7-17-41)52-64(50-61,59-44-22-12-4-13-23-44)60-45-24-14-5-15-25-45/h1-37,53-55H. The Hall–Kier alpha value is -6.92. The minimum atomic E-state index is -4.28. The third-order valence-corrected chi connectivity index (χ3v) is 22.3. The van der Waals surface area contributed by atoms with E-state index < -0.39 is 30.0 Å². The van der Waals surface area contributed by atoms with Crippen molar-refractivity contribution in [3.8, 4) is 46.0 Å². The fraction of sp³-hybridized carbons (Fsp3) is 0. The number of rotatable bonds is 13. The maximum atomic E-state index is 10.8. The lowest BCUT2D eigenvalue weighted by Crippen LogP contribution is -2.18. The van der Waals surface area contributed by atoms with Gasteiger partial charge in [0, 0.05) is 10.6 Å². The van der Waals surface area contributed by atoms with Crippen molar-refractivity contribution >= 4 is 45.9 Å². The van der Waals surface area contributed by atoms with Crippen LogP contribution in [0.5, 0.6) is 46.0 Å². The molecule has 1 atom stereocenters. The average Bonchev–Trinajstić information content (AvgIpc) is 3.30. The van der Waals surface area contributed by atoms with Gasteiger partial charge in [0.25, 0.3) is 7.43 Å². The lowest BCUT2D eigenvalue weighted by atomic mass is 10.3. The smallest absolute Gasteiger partial charge is 0.453 e. The van der Waals surface area contributed by atoms with E-state index in [9.17, 15) is 15.3 Å². The fourth-order valence-electron chi connectivity index (χ4n) is 6.51. The third kappa shape index (κ3) is 9.52. The highest BCUT2D eigenvalue weighted by Gasteiger charge is 2.47. The molecule has 0 radical (unpaired) electrons. The van der Waals surface area contributed by atoms with E-state index in [1.165, 1.54) is 12.1 Å². The van der Waals surface area contributed by atoms with Gasteiger partial charge in [0.05, 0.1) is 5.30 Å². The Morgan fingerprint density at radius 2 is 0.547 bits per heavy atom. The first-order chi connectivity index (χ1) is 31.2. The Labute approximate surface area is 370 Å². The van der Waals surface area contributed by atoms with Crippen LogP contribution in [0.15, 0.2) is 243 Å². The Bertz CT molecular complexity index is 2860. The first-order valence-corrected chi connectivity index (χ1v) is 26.3. The summed E-state index contributed by atoms with van der Waals surface area (Å²) in [6.07, 6.45) is 0. The number of nitrogens with zero attached hydrogens (tertiary/aromatic N) is 4. The molecule has 8 aromatic rings. The van der Waals surface area contributed by atoms with Crippen molar-refractivity contribution in [1.29, 1.82) is 0 Å². The molecule has 0 aromatic heterocycles. The normalized spacial score (nSPS) is 16.9. The van der Waals surface area contributed by atoms with Crippen LogP contribution < -0.4 is 38.5 Å². The van der Waals surface area contributed by atoms with Crippen molar-refractivity contribution in [2.75, 3.05) is 0 Å². The summed E-state index contributed by atoms with van der Waals surface area (Å²) in [5, 5.41) is 33.7. The van der Waals surface area contributed by atoms with E-state index in [2.05, 4.69) is 0 Å². The maximum absolute atomic E-state index is 10.8. The first-order valence-electron chi connectivity index (χ1n) is 19.9. The molecule has 0 aliphatic carbocycles. The molecule has 0 fully saturated rings. The van der Waals surface area contributed by atoms with Crippen molar-refractivity contribution in [2.45, 2.75) is 0 Å². The summed E-state index contributed by atoms with van der Waals surface area (Å²) in [6.45, 7) is 0. The molecule has 3 N–H and O–H groups in total. The minimum absolute atomic E-state index is 0.00288. The van der Waals surface area contributed by atoms with Gasteiger partial charge >= 0.3 is 15.3 Å². The van der Waals surface area contributed by atoms with E-state index >= 15 is 0 Å². The second kappa shape index (κ2) is 18.4. The van der Waals surface area contributed by atoms with Crippen LogP contribution >= 0.6 is 30.0 Å². The summed E-state index contributed by atoms with van der Waals surface area (Å²) in [6, 6.07) is 65.0. The Kier molecular flexibility index (Phi) is 12.2. The minimum Gasteiger partial charge on any atom is -0.508 e. The van der Waals surface area contributed by atoms with E-state index in [-0.39, 0.29) is 17.2 Å². The van der Waals surface area contributed by atoms with Crippen LogP contribution in [0.2, 0.25) is 0 Å². The molecular weight excluding hydrogens is 884 g/mol. The van der Waals surface area contributed by atoms with Crippen molar-refractivity contribution in [2.24, 2.45) is 18.1 Å². The van der Waals surface area contributed by atoms with Gasteiger partial charge in [-0.3, -0.25) is 0 Å². The number of hydrogen-bond donors (Lipinski definition) is 3. The molecule has 16 heteroatoms. The van der Waals surface area contributed by atoms with Crippen molar-refractivity contribution < 1.29 is 37.9 Å². The zero-order valence-corrected chi connectivity index (χ0v) is 37.4. The molecule has 1 aliphatic rings. The molecule has 0 bridgehead atoms. The molecular formula is C48H40N4O8P4. The number of aromatic hydroxyl groups is 3. The van der Waals surface area contributed by atoms with Crippen molar-refractivity contribution in [1.82, 2.24) is 0 Å². The molecule has 64 heavy (non-hydrogen) atoms. The highest BCUT2D eigenvalue weighted by Crippen LogP contribution is 2.78. The zero-order valence-electron chi connectivity index (χ0n) is 33.8. The van der Waals surface area contributed by atoms with Gasteiger partial charge in [-0.25, -0.2) is 0 Å². The lowest BCUT2D eigenvalue weighted by molar-refractivity contribution is 0.474. The topological polar surface area (TPSA) is 156 Å². The van der Waals surface area contributed by atoms with Gasteiger partial charge in [-0.1, -0.05) is 91.0 Å². The fourth-order valence-corrected chi connectivity index (χ4v) is 21.5. The molecule has 0 saturated carbocycles. The highest BCUT2D eigenvalue weighted by atomic mass is 31.3. The molecule has 0 amide bonds. The van der Waals surface area contributed by atoms with Gasteiger partial charge in [-0.15, -0.1) is 9.03 Å². The summed E-state index contributed by atoms with van der Waals surface area (Å²) in [4.78, 5) is 0. The van der Waals surface area contributed by atoms with Crippen LogP contribution in [-0.2, 0) is 0 Å². The number of benzene rings is 8. The zero-order chi connectivity index (χ0) is 43.9. The average molecular weight is 925 g/mol. The molecule has 320 valence electrons. The van der Waals surface area contributed by atoms with E-state index in [0.717, 1.165) is 0 Å². The lowest BCUT2D eigenvalue weighted by Gasteiger charge is -2.35. The summed E-state index contributed by atoms with van der Waals surface area (Å²) >= 11 is 0. The highest BCUT2D eigenvalue weighted by molar-refractivity contribution is 7.90. The second-order valence-corrected chi connectivity index (χ2v) is 23.6. The van der Waals surface area contributed by atoms with Crippen LogP contribution in [0, 0.1) is 0 Å². The van der Waals surface area contributed by atoms with Crippen molar-refractivity contribution in [3.05, 3.63) is 224 Å². The molecule has 1 unspecified atom stereocenters. The van der Waals surface area contributed by atoms with Crippen LogP contribution in [0.3, 0.4) is 0 Å². The summed E-state index contributed by atoms with van der Waals surface area (Å²) in [5.41, 5.74) is 0. The monoisotopic (exact) mass is 924 g/mol. The van der Waals surface area contributed by atoms with E-state index in [1.54, 1.807) is 121 Å². The van der Waals surface area contributed by atoms with Gasteiger partial charge in [-0.05, 0) is 133 Å². The van der Waals surface area contributed by atoms with Crippen molar-refractivity contribution in [3.63, 3.8) is 0 Å². The quantitative estimate of drug-likeness (QED) is 0.0965. The van der Waals surface area contributed by atoms with Gasteiger partial charge in [0.1, 0.15) is 46.0 Å². The molecule has 8 aromatic carbocycles. The van der Waals surface area contributed by atoms with E-state index in [1.807, 2.05) is 91.0 Å². The molecule has 0 saturated heterocycles. The largest absolute Gasteiger partial charge is 0.508 e. The Balaban J connectivity index is 1.55. The molecule has 0 spiro atoms. The molecule has 12 nitrogen and oxygen atoms in total. The van der Waals surface area contributed by atoms with Gasteiger partial charge in [0.15, 0.2) is 7.21 Å². The summed E-state index contributed by atoms with van der Waals surface area (Å²) < 4.78 is 59.0. The predicted octanol–water partition coefficient (Wildman–Crippen LogP) is 13.5. The SMILES string of the molecule is Oc1ccc(P2(Oc3ccccc3)=NP(Oc3ccccc3)(Oc3ccccc3)=NP(c3ccc(O)cc3)(c3ccc(O)cc3)=NP(Oc3ccccc3)(Oc3ccccc3)=N2)cc1. The maximum Gasteiger partial charge on any atom is 0.453 e. The van der Waals surface area contributed by atoms with Gasteiger partial charge in [-0.2, -0.15) is 9.03 Å². The third-order valence-electron chi connectivity index (χ3n) is 9.41. The van der Waals surface area contributed by atoms with Gasteiger partial charge in [0.2, 0.25) is 0 Å². The molecule has 9 rings (SSSR count). The first kappa shape index (κ1) is 42.4. The Morgan fingerprint density at radius 3 is 0.875 bits per heavy atom. The number of phenolic OH excluding ortho intramolecular Hbond substituents is 3. The predicted molar refractivity (Wildman–Crippen MR) is 256 cm³/mol. The number of para-hydroxylation sites is 5. The van der Waals surface area contributed by atoms with Gasteiger partial charge < -0.3 is 37.9 Å². The second-order valence-electron chi connectivity index (χ2n) is 14.1. The van der Waals surface area contributed by atoms with Crippen LogP contribution in [0.1, 0.15) is 0 Å². The van der Waals surface area contributed by atoms with Crippen LogP contribution in [0.25, 0.3) is 0 Å². The molecule has 1 heterocycles. The van der Waals surface area contributed by atoms with Crippen LogP contribution in [0.4, 0.5) is 0 Å². The van der Waals surface area contributed by atoms with E-state index in [0.29, 0.717) is 44.7 Å². The van der Waals surface area contributed by atoms with E-state index in [4.69, 9.17) is 40.7 Å². The summed E-state index contributed by atoms with van der Waals surface area (Å²) in [7, 11) is -16.6. The number of phenols is 3. The van der Waals surface area contributed by atoms with Crippen LogP contribution in [-0.4, -0.2) is 15.3 Å².